The normalized spacial score (nSPS) is 14.7. The van der Waals surface area contributed by atoms with E-state index in [1.54, 1.807) is 30.3 Å². The van der Waals surface area contributed by atoms with Gasteiger partial charge in [0.25, 0.3) is 17.1 Å². The second kappa shape index (κ2) is 9.71. The molecule has 7 nitrogen and oxygen atoms in total. The van der Waals surface area contributed by atoms with Crippen molar-refractivity contribution in [3.8, 4) is 11.8 Å². The minimum absolute atomic E-state index is 0.0120. The van der Waals surface area contributed by atoms with Crippen LogP contribution in [0.15, 0.2) is 53.4 Å². The molecule has 1 fully saturated rings. The second-order valence-corrected chi connectivity index (χ2v) is 7.12. The molecule has 0 unspecified atom stereocenters. The molecule has 1 saturated heterocycles. The van der Waals surface area contributed by atoms with Gasteiger partial charge in [-0.15, -0.1) is 0 Å². The van der Waals surface area contributed by atoms with Crippen LogP contribution in [0.4, 0.5) is 9.18 Å². The predicted octanol–water partition coefficient (Wildman–Crippen LogP) is 2.93. The van der Waals surface area contributed by atoms with Crippen LogP contribution in [-0.4, -0.2) is 41.6 Å². The molecule has 2 aromatic carbocycles. The number of halogens is 1. The summed E-state index contributed by atoms with van der Waals surface area (Å²) in [5.74, 6) is -1.00. The highest BCUT2D eigenvalue weighted by Crippen LogP contribution is 2.32. The van der Waals surface area contributed by atoms with Crippen molar-refractivity contribution < 1.29 is 23.5 Å². The Hall–Kier alpha value is -3.64. The van der Waals surface area contributed by atoms with E-state index in [1.165, 1.54) is 24.3 Å². The summed E-state index contributed by atoms with van der Waals surface area (Å²) in [6.07, 6.45) is 1.34. The summed E-state index contributed by atoms with van der Waals surface area (Å²) in [4.78, 5) is 37.5. The zero-order valence-corrected chi connectivity index (χ0v) is 16.4. The molecule has 9 heteroatoms. The highest BCUT2D eigenvalue weighted by Gasteiger charge is 2.34. The number of carbonyl (C=O) groups excluding carboxylic acids is 3. The van der Waals surface area contributed by atoms with E-state index in [-0.39, 0.29) is 30.2 Å². The predicted molar refractivity (Wildman–Crippen MR) is 109 cm³/mol. The quantitative estimate of drug-likeness (QED) is 0.685. The summed E-state index contributed by atoms with van der Waals surface area (Å²) in [6, 6.07) is 14.2. The van der Waals surface area contributed by atoms with Crippen LogP contribution in [0.2, 0.25) is 0 Å². The zero-order valence-electron chi connectivity index (χ0n) is 15.6. The van der Waals surface area contributed by atoms with E-state index >= 15 is 0 Å². The highest BCUT2D eigenvalue weighted by atomic mass is 32.2. The maximum absolute atomic E-state index is 13.8. The van der Waals surface area contributed by atoms with Crippen LogP contribution in [-0.2, 0) is 9.59 Å². The lowest BCUT2D eigenvalue weighted by Crippen LogP contribution is -2.38. The van der Waals surface area contributed by atoms with Gasteiger partial charge in [-0.1, -0.05) is 18.2 Å². The first-order valence-corrected chi connectivity index (χ1v) is 9.69. The van der Waals surface area contributed by atoms with Crippen LogP contribution in [0.1, 0.15) is 11.1 Å². The molecule has 0 radical (unpaired) electrons. The maximum atomic E-state index is 13.8. The number of amides is 3. The van der Waals surface area contributed by atoms with E-state index in [0.29, 0.717) is 11.3 Å². The number of benzene rings is 2. The minimum atomic E-state index is -0.531. The summed E-state index contributed by atoms with van der Waals surface area (Å²) in [5, 5.41) is 10.8. The lowest BCUT2D eigenvalue weighted by Gasteiger charge is -2.13. The van der Waals surface area contributed by atoms with Gasteiger partial charge < -0.3 is 10.1 Å². The largest absolute Gasteiger partial charge is 0.484 e. The third-order valence-electron chi connectivity index (χ3n) is 4.08. The minimum Gasteiger partial charge on any atom is -0.484 e. The van der Waals surface area contributed by atoms with Gasteiger partial charge in [0, 0.05) is 18.7 Å². The zero-order chi connectivity index (χ0) is 21.5. The Balaban J connectivity index is 1.47. The molecule has 152 valence electrons. The Morgan fingerprint density at radius 1 is 1.20 bits per heavy atom. The molecule has 3 amide bonds. The van der Waals surface area contributed by atoms with Crippen molar-refractivity contribution in [1.82, 2.24) is 10.2 Å². The van der Waals surface area contributed by atoms with Crippen LogP contribution in [0, 0.1) is 17.1 Å². The number of ether oxygens (including phenoxy) is 1. The van der Waals surface area contributed by atoms with Gasteiger partial charge in [0.15, 0.2) is 6.61 Å². The molecule has 1 aliphatic rings. The Kier molecular flexibility index (Phi) is 6.83. The number of rotatable bonds is 7. The van der Waals surface area contributed by atoms with Crippen molar-refractivity contribution in [2.45, 2.75) is 0 Å². The molecule has 1 heterocycles. The lowest BCUT2D eigenvalue weighted by molar-refractivity contribution is -0.125. The van der Waals surface area contributed by atoms with E-state index in [4.69, 9.17) is 10.00 Å². The van der Waals surface area contributed by atoms with Crippen LogP contribution in [0.5, 0.6) is 5.75 Å². The molecule has 1 aliphatic heterocycles. The average Bonchev–Trinajstić information content (AvgIpc) is 3.01. The first-order chi connectivity index (χ1) is 14.5. The molecule has 2 aromatic rings. The van der Waals surface area contributed by atoms with E-state index in [0.717, 1.165) is 16.7 Å². The Morgan fingerprint density at radius 3 is 2.63 bits per heavy atom. The number of nitrogens with one attached hydrogen (secondary N) is 1. The standard InChI is InChI=1S/C21H16FN3O4S/c22-17-4-2-1-3-15(17)11-18-20(27)25(21(28)30-18)10-9-24-19(26)13-29-16-7-5-14(12-23)6-8-16/h1-8,11H,9-10,13H2,(H,24,26)/b18-11-. The summed E-state index contributed by atoms with van der Waals surface area (Å²) in [6.45, 7) is -0.205. The van der Waals surface area contributed by atoms with Gasteiger partial charge in [-0.2, -0.15) is 5.26 Å². The molecule has 0 atom stereocenters. The van der Waals surface area contributed by atoms with Gasteiger partial charge in [0.05, 0.1) is 16.5 Å². The van der Waals surface area contributed by atoms with E-state index in [9.17, 15) is 18.8 Å². The van der Waals surface area contributed by atoms with E-state index in [2.05, 4.69) is 5.32 Å². The van der Waals surface area contributed by atoms with Crippen molar-refractivity contribution in [2.75, 3.05) is 19.7 Å². The fourth-order valence-corrected chi connectivity index (χ4v) is 3.41. The third-order valence-corrected chi connectivity index (χ3v) is 4.98. The molecule has 1 N–H and O–H groups in total. The maximum Gasteiger partial charge on any atom is 0.293 e. The van der Waals surface area contributed by atoms with Gasteiger partial charge in [-0.25, -0.2) is 4.39 Å². The number of hydrogen-bond donors (Lipinski definition) is 1. The van der Waals surface area contributed by atoms with Crippen LogP contribution in [0.25, 0.3) is 6.08 Å². The van der Waals surface area contributed by atoms with Crippen LogP contribution < -0.4 is 10.1 Å². The number of imide groups is 1. The molecular weight excluding hydrogens is 409 g/mol. The van der Waals surface area contributed by atoms with Crippen molar-refractivity contribution in [3.63, 3.8) is 0 Å². The number of nitrogens with zero attached hydrogens (tertiary/aromatic N) is 2. The summed E-state index contributed by atoms with van der Waals surface area (Å²) < 4.78 is 19.1. The van der Waals surface area contributed by atoms with Gasteiger partial charge in [0.2, 0.25) is 0 Å². The SMILES string of the molecule is N#Cc1ccc(OCC(=O)NCCN2C(=O)S/C(=C\c3ccccc3F)C2=O)cc1. The molecule has 0 spiro atoms. The van der Waals surface area contributed by atoms with Gasteiger partial charge in [0.1, 0.15) is 11.6 Å². The Morgan fingerprint density at radius 2 is 1.93 bits per heavy atom. The fourth-order valence-electron chi connectivity index (χ4n) is 2.56. The highest BCUT2D eigenvalue weighted by molar-refractivity contribution is 8.18. The topological polar surface area (TPSA) is 99.5 Å². The molecule has 0 aliphatic carbocycles. The monoisotopic (exact) mass is 425 g/mol. The van der Waals surface area contributed by atoms with Crippen molar-refractivity contribution >= 4 is 34.9 Å². The van der Waals surface area contributed by atoms with E-state index in [1.807, 2.05) is 6.07 Å². The van der Waals surface area contributed by atoms with Gasteiger partial charge in [-0.3, -0.25) is 19.3 Å². The number of nitriles is 1. The molecule has 0 saturated carbocycles. The lowest BCUT2D eigenvalue weighted by atomic mass is 10.2. The van der Waals surface area contributed by atoms with Crippen LogP contribution in [0.3, 0.4) is 0 Å². The Bertz CT molecular complexity index is 1050. The molecule has 30 heavy (non-hydrogen) atoms. The summed E-state index contributed by atoms with van der Waals surface area (Å²) in [5.41, 5.74) is 0.698. The Labute approximate surface area is 176 Å². The van der Waals surface area contributed by atoms with Crippen molar-refractivity contribution in [1.29, 1.82) is 5.26 Å². The number of hydrogen-bond acceptors (Lipinski definition) is 6. The molecule has 3 rings (SSSR count). The summed E-state index contributed by atoms with van der Waals surface area (Å²) >= 11 is 0.726. The average molecular weight is 425 g/mol. The number of carbonyl (C=O) groups is 3. The van der Waals surface area contributed by atoms with Gasteiger partial charge >= 0.3 is 0 Å². The summed E-state index contributed by atoms with van der Waals surface area (Å²) in [7, 11) is 0. The van der Waals surface area contributed by atoms with Crippen LogP contribution >= 0.6 is 11.8 Å². The molecular formula is C21H16FN3O4S. The van der Waals surface area contributed by atoms with Gasteiger partial charge in [-0.05, 0) is 48.2 Å². The second-order valence-electron chi connectivity index (χ2n) is 6.13. The smallest absolute Gasteiger partial charge is 0.293 e. The fraction of sp³-hybridized carbons (Fsp3) is 0.143. The van der Waals surface area contributed by atoms with E-state index < -0.39 is 22.9 Å². The molecule has 0 bridgehead atoms. The number of thioether (sulfide) groups is 1. The van der Waals surface area contributed by atoms with Crippen molar-refractivity contribution in [3.05, 3.63) is 70.4 Å². The molecule has 0 aromatic heterocycles. The first kappa shape index (κ1) is 21.1. The van der Waals surface area contributed by atoms with Crippen molar-refractivity contribution in [2.24, 2.45) is 0 Å². The first-order valence-electron chi connectivity index (χ1n) is 8.87. The third kappa shape index (κ3) is 5.24.